The van der Waals surface area contributed by atoms with Crippen molar-refractivity contribution in [1.82, 2.24) is 10.2 Å². The molecule has 0 saturated heterocycles. The monoisotopic (exact) mass is 326 g/mol. The van der Waals surface area contributed by atoms with Crippen LogP contribution in [0.25, 0.3) is 0 Å². The smallest absolute Gasteiger partial charge is 0.119 e. The predicted molar refractivity (Wildman–Crippen MR) is 96.2 cm³/mol. The number of nitrogens with zero attached hydrogens (tertiary/aromatic N) is 1. The van der Waals surface area contributed by atoms with Crippen molar-refractivity contribution in [3.63, 3.8) is 0 Å². The van der Waals surface area contributed by atoms with E-state index in [0.29, 0.717) is 11.3 Å². The van der Waals surface area contributed by atoms with Crippen LogP contribution in [0.15, 0.2) is 18.2 Å². The van der Waals surface area contributed by atoms with E-state index in [1.54, 1.807) is 7.11 Å². The standard InChI is InChI=1S/C16H26N2OS2/c1-18(10-14(21)11-20)8-6-16-15-4-3-13(19-2)9-12(15)5-7-17-16/h3-4,9,14,16-17,20-21H,5-8,10-11H2,1-2H3. The quantitative estimate of drug-likeness (QED) is 0.671. The Morgan fingerprint density at radius 1 is 1.48 bits per heavy atom. The highest BCUT2D eigenvalue weighted by Crippen LogP contribution is 2.28. The zero-order chi connectivity index (χ0) is 15.2. The van der Waals surface area contributed by atoms with Gasteiger partial charge in [0.1, 0.15) is 5.75 Å². The van der Waals surface area contributed by atoms with Gasteiger partial charge in [-0.1, -0.05) is 6.07 Å². The molecule has 2 unspecified atom stereocenters. The number of benzene rings is 1. The summed E-state index contributed by atoms with van der Waals surface area (Å²) < 4.78 is 5.33. The molecule has 0 saturated carbocycles. The highest BCUT2D eigenvalue weighted by molar-refractivity contribution is 7.84. The van der Waals surface area contributed by atoms with Crippen LogP contribution in [-0.2, 0) is 6.42 Å². The van der Waals surface area contributed by atoms with Gasteiger partial charge >= 0.3 is 0 Å². The van der Waals surface area contributed by atoms with Crippen LogP contribution in [0.2, 0.25) is 0 Å². The molecule has 2 atom stereocenters. The van der Waals surface area contributed by atoms with E-state index in [1.165, 1.54) is 11.1 Å². The average Bonchev–Trinajstić information content (AvgIpc) is 2.51. The molecule has 118 valence electrons. The summed E-state index contributed by atoms with van der Waals surface area (Å²) >= 11 is 8.80. The summed E-state index contributed by atoms with van der Waals surface area (Å²) in [7, 11) is 3.88. The zero-order valence-electron chi connectivity index (χ0n) is 12.9. The van der Waals surface area contributed by atoms with Crippen LogP contribution in [0.3, 0.4) is 0 Å². The molecular formula is C16H26N2OS2. The van der Waals surface area contributed by atoms with Gasteiger partial charge in [-0.05, 0) is 56.2 Å². The third-order valence-corrected chi connectivity index (χ3v) is 5.12. The molecule has 5 heteroatoms. The van der Waals surface area contributed by atoms with Gasteiger partial charge in [0.25, 0.3) is 0 Å². The molecule has 2 rings (SSSR count). The van der Waals surface area contributed by atoms with E-state index in [1.807, 2.05) is 0 Å². The second-order valence-corrected chi connectivity index (χ2v) is 6.80. The topological polar surface area (TPSA) is 24.5 Å². The minimum Gasteiger partial charge on any atom is -0.497 e. The summed E-state index contributed by atoms with van der Waals surface area (Å²) in [5, 5.41) is 3.98. The highest BCUT2D eigenvalue weighted by Gasteiger charge is 2.20. The van der Waals surface area contributed by atoms with Gasteiger partial charge in [-0.25, -0.2) is 0 Å². The molecule has 1 aliphatic heterocycles. The second-order valence-electron chi connectivity index (χ2n) is 5.71. The van der Waals surface area contributed by atoms with E-state index in [-0.39, 0.29) is 0 Å². The number of hydrogen-bond donors (Lipinski definition) is 3. The molecule has 1 aromatic rings. The lowest BCUT2D eigenvalue weighted by Crippen LogP contribution is -2.34. The van der Waals surface area contributed by atoms with E-state index in [2.05, 4.69) is 60.7 Å². The predicted octanol–water partition coefficient (Wildman–Crippen LogP) is 2.43. The van der Waals surface area contributed by atoms with E-state index in [9.17, 15) is 0 Å². The van der Waals surface area contributed by atoms with Crippen LogP contribution < -0.4 is 10.1 Å². The Balaban J connectivity index is 1.94. The fourth-order valence-electron chi connectivity index (χ4n) is 2.87. The second kappa shape index (κ2) is 8.32. The van der Waals surface area contributed by atoms with Crippen molar-refractivity contribution < 1.29 is 4.74 Å². The molecule has 0 amide bonds. The fraction of sp³-hybridized carbons (Fsp3) is 0.625. The lowest BCUT2D eigenvalue weighted by atomic mass is 9.92. The van der Waals surface area contributed by atoms with Gasteiger partial charge in [-0.15, -0.1) is 0 Å². The third-order valence-electron chi connectivity index (χ3n) is 4.04. The van der Waals surface area contributed by atoms with Crippen LogP contribution >= 0.6 is 25.3 Å². The molecule has 0 aromatic heterocycles. The van der Waals surface area contributed by atoms with Gasteiger partial charge in [-0.2, -0.15) is 25.3 Å². The molecule has 1 aromatic carbocycles. The van der Waals surface area contributed by atoms with Gasteiger partial charge in [0.05, 0.1) is 7.11 Å². The Bertz CT molecular complexity index is 456. The first kappa shape index (κ1) is 17.0. The van der Waals surface area contributed by atoms with Crippen molar-refractivity contribution in [2.24, 2.45) is 0 Å². The Kier molecular flexibility index (Phi) is 6.74. The summed E-state index contributed by atoms with van der Waals surface area (Å²) in [4.78, 5) is 2.34. The Hall–Kier alpha value is -0.360. The van der Waals surface area contributed by atoms with Crippen molar-refractivity contribution in [1.29, 1.82) is 0 Å². The van der Waals surface area contributed by atoms with E-state index < -0.39 is 0 Å². The molecule has 3 nitrogen and oxygen atoms in total. The van der Waals surface area contributed by atoms with Crippen molar-refractivity contribution in [2.75, 3.05) is 39.5 Å². The van der Waals surface area contributed by atoms with Gasteiger partial charge in [0.15, 0.2) is 0 Å². The largest absolute Gasteiger partial charge is 0.497 e. The van der Waals surface area contributed by atoms with Gasteiger partial charge in [0, 0.05) is 23.6 Å². The first-order valence-corrected chi connectivity index (χ1v) is 8.66. The maximum absolute atomic E-state index is 5.33. The molecule has 0 aliphatic carbocycles. The first-order chi connectivity index (χ1) is 10.1. The van der Waals surface area contributed by atoms with Crippen LogP contribution in [0, 0.1) is 0 Å². The van der Waals surface area contributed by atoms with E-state index >= 15 is 0 Å². The number of nitrogens with one attached hydrogen (secondary N) is 1. The fourth-order valence-corrected chi connectivity index (χ4v) is 3.27. The summed E-state index contributed by atoms with van der Waals surface area (Å²) in [5.41, 5.74) is 2.84. The molecule has 0 radical (unpaired) electrons. The molecule has 0 bridgehead atoms. The number of rotatable bonds is 7. The lowest BCUT2D eigenvalue weighted by molar-refractivity contribution is 0.308. The highest BCUT2D eigenvalue weighted by atomic mass is 32.1. The maximum Gasteiger partial charge on any atom is 0.119 e. The van der Waals surface area contributed by atoms with Gasteiger partial charge < -0.3 is 15.0 Å². The molecule has 0 spiro atoms. The number of thiol groups is 2. The molecule has 21 heavy (non-hydrogen) atoms. The van der Waals surface area contributed by atoms with Crippen LogP contribution in [0.1, 0.15) is 23.6 Å². The Labute approximate surface area is 139 Å². The minimum atomic E-state index is 0.342. The van der Waals surface area contributed by atoms with Crippen LogP contribution in [0.4, 0.5) is 0 Å². The first-order valence-electron chi connectivity index (χ1n) is 7.51. The van der Waals surface area contributed by atoms with E-state index in [4.69, 9.17) is 4.74 Å². The summed E-state index contributed by atoms with van der Waals surface area (Å²) in [6.07, 6.45) is 2.19. The molecule has 1 aliphatic rings. The third kappa shape index (κ3) is 4.81. The Morgan fingerprint density at radius 3 is 3.00 bits per heavy atom. The summed E-state index contributed by atoms with van der Waals surface area (Å²) in [5.74, 6) is 1.77. The number of ether oxygens (including phenoxy) is 1. The summed E-state index contributed by atoms with van der Waals surface area (Å²) in [6, 6.07) is 6.89. The average molecular weight is 327 g/mol. The van der Waals surface area contributed by atoms with Gasteiger partial charge in [0.2, 0.25) is 0 Å². The molecule has 1 heterocycles. The number of fused-ring (bicyclic) bond motifs is 1. The van der Waals surface area contributed by atoms with Crippen molar-refractivity contribution >= 4 is 25.3 Å². The normalized spacial score (nSPS) is 19.4. The SMILES string of the molecule is COc1ccc2c(c1)CCNC2CCN(C)CC(S)CS. The van der Waals surface area contributed by atoms with E-state index in [0.717, 1.165) is 44.0 Å². The van der Waals surface area contributed by atoms with Crippen molar-refractivity contribution in [3.8, 4) is 5.75 Å². The lowest BCUT2D eigenvalue weighted by Gasteiger charge is -2.29. The number of methoxy groups -OCH3 is 1. The number of hydrogen-bond acceptors (Lipinski definition) is 5. The van der Waals surface area contributed by atoms with Crippen molar-refractivity contribution in [2.45, 2.75) is 24.1 Å². The van der Waals surface area contributed by atoms with Crippen LogP contribution in [-0.4, -0.2) is 49.7 Å². The Morgan fingerprint density at radius 2 is 2.29 bits per heavy atom. The molecule has 0 fully saturated rings. The zero-order valence-corrected chi connectivity index (χ0v) is 14.7. The molecular weight excluding hydrogens is 300 g/mol. The van der Waals surface area contributed by atoms with Crippen LogP contribution in [0.5, 0.6) is 5.75 Å². The van der Waals surface area contributed by atoms with Crippen molar-refractivity contribution in [3.05, 3.63) is 29.3 Å². The molecule has 1 N–H and O–H groups in total. The maximum atomic E-state index is 5.33. The summed E-state index contributed by atoms with van der Waals surface area (Å²) in [6.45, 7) is 3.09. The van der Waals surface area contributed by atoms with Gasteiger partial charge in [-0.3, -0.25) is 0 Å². The minimum absolute atomic E-state index is 0.342.